The Bertz CT molecular complexity index is 826. The molecule has 1 N–H and O–H groups in total. The van der Waals surface area contributed by atoms with E-state index >= 15 is 0 Å². The fourth-order valence-corrected chi connectivity index (χ4v) is 3.75. The number of hydrogen-bond acceptors (Lipinski definition) is 6. The fraction of sp³-hybridized carbons (Fsp3) is 0.462. The molecule has 0 aliphatic heterocycles. The predicted molar refractivity (Wildman–Crippen MR) is 126 cm³/mol. The molecule has 174 valence electrons. The van der Waals surface area contributed by atoms with E-state index in [9.17, 15) is 9.59 Å². The van der Waals surface area contributed by atoms with E-state index in [2.05, 4.69) is 5.32 Å². The van der Waals surface area contributed by atoms with E-state index in [1.54, 1.807) is 20.8 Å². The molecule has 0 aliphatic rings. The van der Waals surface area contributed by atoms with Crippen molar-refractivity contribution in [2.75, 3.05) is 13.2 Å². The van der Waals surface area contributed by atoms with Gasteiger partial charge in [0.25, 0.3) is 0 Å². The molecule has 2 aromatic rings. The summed E-state index contributed by atoms with van der Waals surface area (Å²) in [6, 6.07) is 18.0. The molecule has 0 aliphatic carbocycles. The highest BCUT2D eigenvalue weighted by Crippen LogP contribution is 2.27. The molecule has 2 rings (SSSR count). The first-order valence-electron chi connectivity index (χ1n) is 11.3. The first-order valence-corrected chi connectivity index (χ1v) is 11.3. The van der Waals surface area contributed by atoms with E-state index in [1.165, 1.54) is 0 Å². The van der Waals surface area contributed by atoms with Gasteiger partial charge in [0.15, 0.2) is 0 Å². The van der Waals surface area contributed by atoms with Crippen molar-refractivity contribution in [2.45, 2.75) is 65.3 Å². The third-order valence-corrected chi connectivity index (χ3v) is 5.21. The molecule has 0 saturated carbocycles. The number of nitrogens with one attached hydrogen (secondary N) is 1. The van der Waals surface area contributed by atoms with Gasteiger partial charge >= 0.3 is 11.9 Å². The van der Waals surface area contributed by atoms with E-state index in [0.717, 1.165) is 11.1 Å². The van der Waals surface area contributed by atoms with Gasteiger partial charge in [-0.25, -0.2) is 0 Å². The van der Waals surface area contributed by atoms with E-state index in [1.807, 2.05) is 79.4 Å². The topological polar surface area (TPSA) is 67.9 Å². The number of ether oxygens (including phenoxy) is 2. The molecule has 32 heavy (non-hydrogen) atoms. The smallest absolute Gasteiger partial charge is 0.325 e. The van der Waals surface area contributed by atoms with Crippen molar-refractivity contribution in [2.24, 2.45) is 0 Å². The van der Waals surface area contributed by atoms with Gasteiger partial charge in [-0.15, -0.1) is 0 Å². The molecule has 3 atom stereocenters. The zero-order chi connectivity index (χ0) is 23.5. The highest BCUT2D eigenvalue weighted by Gasteiger charge is 2.40. The van der Waals surface area contributed by atoms with Crippen molar-refractivity contribution < 1.29 is 19.1 Å². The van der Waals surface area contributed by atoms with Crippen LogP contribution in [0.5, 0.6) is 0 Å². The first-order chi connectivity index (χ1) is 15.4. The maximum atomic E-state index is 13.4. The molecule has 2 aromatic carbocycles. The summed E-state index contributed by atoms with van der Waals surface area (Å²) in [6.45, 7) is 10.4. The second-order valence-corrected chi connectivity index (χ2v) is 7.99. The normalized spacial score (nSPS) is 14.1. The zero-order valence-electron chi connectivity index (χ0n) is 19.8. The minimum atomic E-state index is -0.737. The summed E-state index contributed by atoms with van der Waals surface area (Å²) in [5.74, 6) is -0.740. The second kappa shape index (κ2) is 13.0. The van der Waals surface area contributed by atoms with E-state index < -0.39 is 12.1 Å². The largest absolute Gasteiger partial charge is 0.465 e. The molecular formula is C26H36N2O4. The standard InChI is InChI=1S/C26H36N2O4/c1-6-31-25(29)20(5)28(18-21-14-10-8-11-15-21)24(26(30)32-7-2)23(27-19(3)4)22-16-12-9-13-17-22/h8-17,19-20,23-24,27H,6-7,18H2,1-5H3/t20?,23-,24-/m0/s1. The van der Waals surface area contributed by atoms with Gasteiger partial charge in [0.05, 0.1) is 19.3 Å². The molecule has 0 bridgehead atoms. The van der Waals surface area contributed by atoms with E-state index in [0.29, 0.717) is 6.54 Å². The van der Waals surface area contributed by atoms with Crippen molar-refractivity contribution >= 4 is 11.9 Å². The van der Waals surface area contributed by atoms with Gasteiger partial charge in [-0.3, -0.25) is 14.5 Å². The quantitative estimate of drug-likeness (QED) is 0.501. The summed E-state index contributed by atoms with van der Waals surface area (Å²) in [6.07, 6.45) is 0. The SMILES string of the molecule is CCOC(=O)C(C)N(Cc1ccccc1)[C@H](C(=O)OCC)[C@@H](NC(C)C)c1ccccc1. The maximum absolute atomic E-state index is 13.4. The number of benzene rings is 2. The van der Waals surface area contributed by atoms with Crippen molar-refractivity contribution in [3.8, 4) is 0 Å². The third kappa shape index (κ3) is 7.18. The van der Waals surface area contributed by atoms with Crippen LogP contribution >= 0.6 is 0 Å². The minimum absolute atomic E-state index is 0.105. The fourth-order valence-electron chi connectivity index (χ4n) is 3.75. The highest BCUT2D eigenvalue weighted by molar-refractivity contribution is 5.80. The highest BCUT2D eigenvalue weighted by atomic mass is 16.5. The first kappa shape index (κ1) is 25.6. The van der Waals surface area contributed by atoms with Gasteiger partial charge in [0, 0.05) is 12.6 Å². The van der Waals surface area contributed by atoms with E-state index in [4.69, 9.17) is 9.47 Å². The average Bonchev–Trinajstić information content (AvgIpc) is 2.79. The van der Waals surface area contributed by atoms with Crippen LogP contribution in [0.4, 0.5) is 0 Å². The lowest BCUT2D eigenvalue weighted by molar-refractivity contribution is -0.158. The summed E-state index contributed by atoms with van der Waals surface area (Å²) in [5.41, 5.74) is 1.95. The Balaban J connectivity index is 2.58. The summed E-state index contributed by atoms with van der Waals surface area (Å²) >= 11 is 0. The van der Waals surface area contributed by atoms with Gasteiger partial charge in [-0.05, 0) is 31.9 Å². The van der Waals surface area contributed by atoms with Crippen LogP contribution in [0.1, 0.15) is 51.8 Å². The molecule has 0 amide bonds. The third-order valence-electron chi connectivity index (χ3n) is 5.21. The molecule has 6 heteroatoms. The molecule has 0 fully saturated rings. The molecule has 1 unspecified atom stereocenters. The Morgan fingerprint density at radius 2 is 1.38 bits per heavy atom. The number of carbonyl (C=O) groups is 2. The second-order valence-electron chi connectivity index (χ2n) is 7.99. The summed E-state index contributed by atoms with van der Waals surface area (Å²) < 4.78 is 10.8. The molecule has 6 nitrogen and oxygen atoms in total. The van der Waals surface area contributed by atoms with Crippen LogP contribution in [0.2, 0.25) is 0 Å². The lowest BCUT2D eigenvalue weighted by Gasteiger charge is -2.39. The van der Waals surface area contributed by atoms with Crippen LogP contribution < -0.4 is 5.32 Å². The summed E-state index contributed by atoms with van der Waals surface area (Å²) in [7, 11) is 0. The lowest BCUT2D eigenvalue weighted by atomic mass is 9.95. The van der Waals surface area contributed by atoms with Crippen molar-refractivity contribution in [3.05, 3.63) is 71.8 Å². The Hall–Kier alpha value is -2.70. The Morgan fingerprint density at radius 3 is 1.91 bits per heavy atom. The number of esters is 2. The maximum Gasteiger partial charge on any atom is 0.325 e. The van der Waals surface area contributed by atoms with E-state index in [-0.39, 0.29) is 37.2 Å². The van der Waals surface area contributed by atoms with Crippen LogP contribution in [0.25, 0.3) is 0 Å². The number of hydrogen-bond donors (Lipinski definition) is 1. The predicted octanol–water partition coefficient (Wildman–Crippen LogP) is 4.11. The van der Waals surface area contributed by atoms with Gasteiger partial charge in [-0.2, -0.15) is 0 Å². The molecule has 0 heterocycles. The zero-order valence-corrected chi connectivity index (χ0v) is 19.8. The Labute approximate surface area is 191 Å². The van der Waals surface area contributed by atoms with Crippen LogP contribution in [0.3, 0.4) is 0 Å². The van der Waals surface area contributed by atoms with Crippen LogP contribution in [-0.2, 0) is 25.6 Å². The average molecular weight is 441 g/mol. The number of nitrogens with zero attached hydrogens (tertiary/aromatic N) is 1. The van der Waals surface area contributed by atoms with Crippen LogP contribution in [-0.4, -0.2) is 48.2 Å². The van der Waals surface area contributed by atoms with Crippen molar-refractivity contribution in [3.63, 3.8) is 0 Å². The summed E-state index contributed by atoms with van der Waals surface area (Å²) in [4.78, 5) is 28.1. The van der Waals surface area contributed by atoms with Crippen LogP contribution in [0.15, 0.2) is 60.7 Å². The molecule has 0 radical (unpaired) electrons. The van der Waals surface area contributed by atoms with Crippen molar-refractivity contribution in [1.29, 1.82) is 0 Å². The van der Waals surface area contributed by atoms with Crippen LogP contribution in [0, 0.1) is 0 Å². The molecule has 0 aromatic heterocycles. The number of rotatable bonds is 12. The lowest BCUT2D eigenvalue weighted by Crippen LogP contribution is -2.56. The monoisotopic (exact) mass is 440 g/mol. The van der Waals surface area contributed by atoms with Gasteiger partial charge in [0.1, 0.15) is 12.1 Å². The summed E-state index contributed by atoms with van der Waals surface area (Å²) in [5, 5.41) is 3.53. The Kier molecular flexibility index (Phi) is 10.4. The minimum Gasteiger partial charge on any atom is -0.465 e. The van der Waals surface area contributed by atoms with Gasteiger partial charge in [-0.1, -0.05) is 74.5 Å². The Morgan fingerprint density at radius 1 is 0.844 bits per heavy atom. The molecule has 0 spiro atoms. The number of carbonyl (C=O) groups excluding carboxylic acids is 2. The molecular weight excluding hydrogens is 404 g/mol. The molecule has 0 saturated heterocycles. The van der Waals surface area contributed by atoms with Gasteiger partial charge in [0.2, 0.25) is 0 Å². The van der Waals surface area contributed by atoms with Gasteiger partial charge < -0.3 is 14.8 Å². The van der Waals surface area contributed by atoms with Crippen molar-refractivity contribution in [1.82, 2.24) is 10.2 Å².